The summed E-state index contributed by atoms with van der Waals surface area (Å²) in [6, 6.07) is 0. The van der Waals surface area contributed by atoms with Crippen LogP contribution in [-0.4, -0.2) is 32.5 Å². The summed E-state index contributed by atoms with van der Waals surface area (Å²) in [5.41, 5.74) is 0. The van der Waals surface area contributed by atoms with Gasteiger partial charge in [-0.25, -0.2) is 0 Å². The molecule has 1 amide bonds. The van der Waals surface area contributed by atoms with Crippen molar-refractivity contribution in [3.8, 4) is 0 Å². The van der Waals surface area contributed by atoms with Crippen molar-refractivity contribution in [3.05, 3.63) is 0 Å². The average Bonchev–Trinajstić information content (AvgIpc) is 2.43. The molecule has 0 bridgehead atoms. The Labute approximate surface area is 130 Å². The monoisotopic (exact) mass is 496 g/mol. The zero-order valence-electron chi connectivity index (χ0n) is 8.63. The molecule has 0 aromatic carbocycles. The van der Waals surface area contributed by atoms with Gasteiger partial charge in [-0.3, -0.25) is 4.79 Å². The van der Waals surface area contributed by atoms with Crippen molar-refractivity contribution in [2.45, 2.75) is 35.7 Å². The second-order valence-corrected chi connectivity index (χ2v) is 5.68. The molecular formula is C8H12Cl4HgNO2. The van der Waals surface area contributed by atoms with Crippen LogP contribution < -0.4 is 0 Å². The molecule has 16 heavy (non-hydrogen) atoms. The molecule has 1 N–H and O–H groups in total. The van der Waals surface area contributed by atoms with Crippen LogP contribution in [0, 0.1) is 0 Å². The average molecular weight is 497 g/mol. The summed E-state index contributed by atoms with van der Waals surface area (Å²) in [5, 5.41) is 9.62. The van der Waals surface area contributed by atoms with E-state index >= 15 is 0 Å². The number of aliphatic hydroxyl groups is 1. The minimum atomic E-state index is -1.83. The van der Waals surface area contributed by atoms with Crippen LogP contribution in [0.2, 0.25) is 0 Å². The molecule has 91 valence electrons. The Balaban J connectivity index is 0.00000106. The van der Waals surface area contributed by atoms with E-state index in [2.05, 4.69) is 0 Å². The van der Waals surface area contributed by atoms with E-state index in [4.69, 9.17) is 43.1 Å². The first-order valence-electron chi connectivity index (χ1n) is 4.74. The summed E-state index contributed by atoms with van der Waals surface area (Å²) in [5.74, 6) is -0.152. The zero-order chi connectivity index (χ0) is 12.8. The third-order valence-corrected chi connectivity index (χ3v) is 2.78. The normalized spacial score (nSPS) is 19.7. The molecule has 1 unspecified atom stereocenters. The van der Waals surface area contributed by atoms with E-state index in [0.29, 0.717) is 37.9 Å². The second kappa shape index (κ2) is 8.60. The number of likely N-dealkylation sites (tertiary alicyclic amines) is 1. The number of hydrogen-bond acceptors (Lipinski definition) is 2. The van der Waals surface area contributed by atoms with Crippen molar-refractivity contribution >= 4 is 49.0 Å². The molecule has 0 radical (unpaired) electrons. The molecule has 0 spiro atoms. The fourth-order valence-corrected chi connectivity index (χ4v) is 1.79. The fraction of sp³-hybridized carbons (Fsp3) is 0.875. The maximum absolute atomic E-state index is 11.5. The fourth-order valence-electron chi connectivity index (χ4n) is 1.44. The van der Waals surface area contributed by atoms with E-state index in [-0.39, 0.29) is 5.91 Å². The molecule has 1 fully saturated rings. The standard InChI is InChI=1S/C8H12Cl3NO2.ClH.Hg/c9-8(10,11)7(14)12-5-3-1-2-4-6(12)13;;/h7,14H,1-5H2;1H;/q;;+1/p-1. The number of halogens is 4. The van der Waals surface area contributed by atoms with Gasteiger partial charge in [0.25, 0.3) is 0 Å². The van der Waals surface area contributed by atoms with E-state index in [0.717, 1.165) is 19.3 Å². The number of amides is 1. The Bertz CT molecular complexity index is 225. The van der Waals surface area contributed by atoms with Crippen molar-refractivity contribution in [2.24, 2.45) is 0 Å². The number of aliphatic hydroxyl groups excluding tert-OH is 1. The molecule has 0 saturated carbocycles. The number of alkyl halides is 3. The molecule has 3 nitrogen and oxygen atoms in total. The Morgan fingerprint density at radius 1 is 1.25 bits per heavy atom. The third kappa shape index (κ3) is 5.92. The molecule has 1 saturated heterocycles. The van der Waals surface area contributed by atoms with Gasteiger partial charge in [0.05, 0.1) is 0 Å². The Morgan fingerprint density at radius 2 is 1.81 bits per heavy atom. The molecule has 1 aliphatic rings. The molecule has 1 atom stereocenters. The van der Waals surface area contributed by atoms with Crippen LogP contribution >= 0.6 is 43.1 Å². The Morgan fingerprint density at radius 3 is 2.31 bits per heavy atom. The van der Waals surface area contributed by atoms with Crippen LogP contribution in [0.15, 0.2) is 0 Å². The molecule has 0 aliphatic carbocycles. The van der Waals surface area contributed by atoms with Crippen LogP contribution in [0.3, 0.4) is 0 Å². The van der Waals surface area contributed by atoms with Crippen LogP contribution in [0.25, 0.3) is 0 Å². The number of rotatable bonds is 1. The third-order valence-electron chi connectivity index (χ3n) is 2.20. The van der Waals surface area contributed by atoms with Crippen molar-refractivity contribution in [3.63, 3.8) is 0 Å². The Hall–Kier alpha value is 1.53. The summed E-state index contributed by atoms with van der Waals surface area (Å²) in [7, 11) is 4.83. The second-order valence-electron chi connectivity index (χ2n) is 3.31. The molecular weight excluding hydrogens is 484 g/mol. The minimum absolute atomic E-state index is 0.152. The van der Waals surface area contributed by atoms with Gasteiger partial charge in [-0.2, -0.15) is 0 Å². The van der Waals surface area contributed by atoms with Crippen molar-refractivity contribution < 1.29 is 34.8 Å². The van der Waals surface area contributed by atoms with Crippen molar-refractivity contribution in [1.29, 1.82) is 0 Å². The molecule has 8 heteroatoms. The molecule has 0 aromatic heterocycles. The van der Waals surface area contributed by atoms with Gasteiger partial charge in [0, 0.05) is 13.0 Å². The van der Waals surface area contributed by atoms with Crippen molar-refractivity contribution in [1.82, 2.24) is 4.90 Å². The van der Waals surface area contributed by atoms with Gasteiger partial charge < -0.3 is 10.0 Å². The van der Waals surface area contributed by atoms with E-state index in [1.165, 1.54) is 4.90 Å². The SMILES string of the molecule is O=C1CCCCCN1C(O)C(Cl)(Cl)Cl.[Cl][Hg]. The van der Waals surface area contributed by atoms with Gasteiger partial charge in [-0.05, 0) is 12.8 Å². The van der Waals surface area contributed by atoms with E-state index in [1.807, 2.05) is 0 Å². The first kappa shape index (κ1) is 17.5. The van der Waals surface area contributed by atoms with E-state index in [1.54, 1.807) is 0 Å². The number of carbonyl (C=O) groups is 1. The predicted octanol–water partition coefficient (Wildman–Crippen LogP) is 2.76. The predicted molar refractivity (Wildman–Crippen MR) is 62.3 cm³/mol. The quantitative estimate of drug-likeness (QED) is 0.448. The number of nitrogens with zero attached hydrogens (tertiary/aromatic N) is 1. The summed E-state index contributed by atoms with van der Waals surface area (Å²) in [6.45, 7) is 0.452. The Kier molecular flexibility index (Phi) is 9.42. The molecule has 1 aliphatic heterocycles. The summed E-state index contributed by atoms with van der Waals surface area (Å²) < 4.78 is -1.83. The maximum atomic E-state index is 11.5. The van der Waals surface area contributed by atoms with E-state index < -0.39 is 10.0 Å². The van der Waals surface area contributed by atoms with Gasteiger partial charge in [-0.15, -0.1) is 0 Å². The van der Waals surface area contributed by atoms with Crippen molar-refractivity contribution in [2.75, 3.05) is 6.54 Å². The first-order valence-corrected chi connectivity index (χ1v) is 12.6. The zero-order valence-corrected chi connectivity index (χ0v) is 17.2. The molecule has 1 heterocycles. The molecule has 0 aromatic rings. The van der Waals surface area contributed by atoms with Crippen LogP contribution in [-0.2, 0) is 29.7 Å². The topological polar surface area (TPSA) is 40.5 Å². The van der Waals surface area contributed by atoms with Gasteiger partial charge in [-0.1, -0.05) is 41.2 Å². The van der Waals surface area contributed by atoms with E-state index in [9.17, 15) is 9.90 Å². The van der Waals surface area contributed by atoms with Gasteiger partial charge in [0.1, 0.15) is 0 Å². The first-order chi connectivity index (χ1) is 7.43. The van der Waals surface area contributed by atoms with Crippen LogP contribution in [0.4, 0.5) is 0 Å². The van der Waals surface area contributed by atoms with Gasteiger partial charge in [0.2, 0.25) is 9.70 Å². The van der Waals surface area contributed by atoms with Crippen LogP contribution in [0.5, 0.6) is 0 Å². The van der Waals surface area contributed by atoms with Gasteiger partial charge >= 0.3 is 33.1 Å². The number of hydrogen-bond donors (Lipinski definition) is 1. The van der Waals surface area contributed by atoms with Gasteiger partial charge in [0.15, 0.2) is 6.23 Å². The summed E-state index contributed by atoms with van der Waals surface area (Å²) in [6.07, 6.45) is 1.70. The van der Waals surface area contributed by atoms with Crippen LogP contribution in [0.1, 0.15) is 25.7 Å². The number of carbonyl (C=O) groups excluding carboxylic acids is 1. The summed E-state index contributed by atoms with van der Waals surface area (Å²) >= 11 is 17.1. The molecule has 1 rings (SSSR count). The summed E-state index contributed by atoms with van der Waals surface area (Å²) in [4.78, 5) is 12.7.